The number of likely N-dealkylation sites (N-methyl/N-ethyl adjacent to an activating group) is 1. The number of benzene rings is 1. The number of thioether (sulfide) groups is 1. The number of nitrogen functional groups attached to an aromatic ring is 1. The maximum Gasteiger partial charge on any atom is 0.232 e. The van der Waals surface area contributed by atoms with Crippen LogP contribution in [0.3, 0.4) is 0 Å². The lowest BCUT2D eigenvalue weighted by molar-refractivity contribution is -0.127. The van der Waals surface area contributed by atoms with Crippen LogP contribution in [-0.2, 0) is 4.79 Å². The normalized spacial score (nSPS) is 10.5. The standard InChI is InChI=1S/C16H19BrN4O2S/c1-11-9-14(18)20-16(19-11)24-10-15(22)21(2)7-8-23-13-5-3-12(17)4-6-13/h3-6,9H,7-8,10H2,1-2H3,(H2,18,19,20). The van der Waals surface area contributed by atoms with Crippen LogP contribution in [0.5, 0.6) is 5.75 Å². The summed E-state index contributed by atoms with van der Waals surface area (Å²) < 4.78 is 6.61. The number of ether oxygens (including phenoxy) is 1. The van der Waals surface area contributed by atoms with Gasteiger partial charge in [-0.1, -0.05) is 27.7 Å². The van der Waals surface area contributed by atoms with E-state index in [9.17, 15) is 4.79 Å². The van der Waals surface area contributed by atoms with Crippen LogP contribution >= 0.6 is 27.7 Å². The third-order valence-electron chi connectivity index (χ3n) is 3.11. The molecule has 0 bridgehead atoms. The third-order valence-corrected chi connectivity index (χ3v) is 4.47. The number of aromatic nitrogens is 2. The zero-order chi connectivity index (χ0) is 17.5. The van der Waals surface area contributed by atoms with Crippen LogP contribution in [0, 0.1) is 6.92 Å². The van der Waals surface area contributed by atoms with Crippen molar-refractivity contribution in [3.63, 3.8) is 0 Å². The van der Waals surface area contributed by atoms with Gasteiger partial charge in [0.2, 0.25) is 5.91 Å². The number of aryl methyl sites for hydroxylation is 1. The van der Waals surface area contributed by atoms with Gasteiger partial charge in [-0.15, -0.1) is 0 Å². The Morgan fingerprint density at radius 1 is 1.33 bits per heavy atom. The first-order valence-electron chi connectivity index (χ1n) is 7.30. The van der Waals surface area contributed by atoms with E-state index in [0.29, 0.717) is 24.1 Å². The number of hydrogen-bond acceptors (Lipinski definition) is 6. The minimum Gasteiger partial charge on any atom is -0.492 e. The molecular weight excluding hydrogens is 392 g/mol. The summed E-state index contributed by atoms with van der Waals surface area (Å²) in [6.07, 6.45) is 0. The van der Waals surface area contributed by atoms with Crippen LogP contribution in [0.2, 0.25) is 0 Å². The largest absolute Gasteiger partial charge is 0.492 e. The average Bonchev–Trinajstić information content (AvgIpc) is 2.53. The van der Waals surface area contributed by atoms with Crippen LogP contribution in [0.15, 0.2) is 40.0 Å². The molecule has 6 nitrogen and oxygen atoms in total. The first-order chi connectivity index (χ1) is 11.4. The molecular formula is C16H19BrN4O2S. The Kier molecular flexibility index (Phi) is 6.86. The van der Waals surface area contributed by atoms with Crippen LogP contribution < -0.4 is 10.5 Å². The van der Waals surface area contributed by atoms with Crippen molar-refractivity contribution < 1.29 is 9.53 Å². The molecule has 1 amide bonds. The molecule has 0 saturated heterocycles. The van der Waals surface area contributed by atoms with Gasteiger partial charge >= 0.3 is 0 Å². The number of amides is 1. The quantitative estimate of drug-likeness (QED) is 0.558. The minimum absolute atomic E-state index is 0.0110. The molecule has 0 fully saturated rings. The van der Waals surface area contributed by atoms with Crippen molar-refractivity contribution in [3.8, 4) is 5.75 Å². The predicted octanol–water partition coefficient (Wildman–Crippen LogP) is 2.76. The predicted molar refractivity (Wildman–Crippen MR) is 99.2 cm³/mol. The van der Waals surface area contributed by atoms with Gasteiger partial charge in [-0.2, -0.15) is 0 Å². The molecule has 0 aliphatic rings. The molecule has 1 heterocycles. The Labute approximate surface area is 153 Å². The molecule has 0 unspecified atom stereocenters. The maximum absolute atomic E-state index is 12.1. The van der Waals surface area contributed by atoms with Gasteiger partial charge in [0.05, 0.1) is 12.3 Å². The summed E-state index contributed by atoms with van der Waals surface area (Å²) >= 11 is 4.65. The van der Waals surface area contributed by atoms with Gasteiger partial charge in [-0.25, -0.2) is 9.97 Å². The SMILES string of the molecule is Cc1cc(N)nc(SCC(=O)N(C)CCOc2ccc(Br)cc2)n1. The fraction of sp³-hybridized carbons (Fsp3) is 0.312. The lowest BCUT2D eigenvalue weighted by atomic mass is 10.3. The van der Waals surface area contributed by atoms with E-state index < -0.39 is 0 Å². The minimum atomic E-state index is -0.0110. The Morgan fingerprint density at radius 2 is 2.04 bits per heavy atom. The van der Waals surface area contributed by atoms with E-state index in [1.165, 1.54) is 11.8 Å². The summed E-state index contributed by atoms with van der Waals surface area (Å²) in [5.41, 5.74) is 6.46. The van der Waals surface area contributed by atoms with Crippen molar-refractivity contribution in [2.45, 2.75) is 12.1 Å². The molecule has 2 rings (SSSR count). The number of nitrogens with two attached hydrogens (primary N) is 1. The zero-order valence-corrected chi connectivity index (χ0v) is 15.9. The van der Waals surface area contributed by atoms with Crippen molar-refractivity contribution in [2.75, 3.05) is 31.7 Å². The van der Waals surface area contributed by atoms with Crippen molar-refractivity contribution in [1.82, 2.24) is 14.9 Å². The van der Waals surface area contributed by atoms with Crippen molar-refractivity contribution in [3.05, 3.63) is 40.5 Å². The number of anilines is 1. The summed E-state index contributed by atoms with van der Waals surface area (Å²) in [6.45, 7) is 2.78. The first-order valence-corrected chi connectivity index (χ1v) is 9.08. The summed E-state index contributed by atoms with van der Waals surface area (Å²) in [4.78, 5) is 22.1. The summed E-state index contributed by atoms with van der Waals surface area (Å²) in [6, 6.07) is 9.27. The van der Waals surface area contributed by atoms with Gasteiger partial charge in [0, 0.05) is 23.3 Å². The number of carbonyl (C=O) groups is 1. The number of halogens is 1. The van der Waals surface area contributed by atoms with E-state index in [4.69, 9.17) is 10.5 Å². The van der Waals surface area contributed by atoms with E-state index in [2.05, 4.69) is 25.9 Å². The molecule has 0 atom stereocenters. The second-order valence-corrected chi connectivity index (χ2v) is 6.98. The third kappa shape index (κ3) is 6.01. The van der Waals surface area contributed by atoms with Gasteiger partial charge in [0.1, 0.15) is 18.2 Å². The Morgan fingerprint density at radius 3 is 2.71 bits per heavy atom. The van der Waals surface area contributed by atoms with Crippen LogP contribution in [0.1, 0.15) is 5.69 Å². The second-order valence-electron chi connectivity index (χ2n) is 5.12. The van der Waals surface area contributed by atoms with Crippen LogP contribution in [0.25, 0.3) is 0 Å². The lowest BCUT2D eigenvalue weighted by Gasteiger charge is -2.17. The summed E-state index contributed by atoms with van der Waals surface area (Å²) in [7, 11) is 1.75. The highest BCUT2D eigenvalue weighted by molar-refractivity contribution is 9.10. The van der Waals surface area contributed by atoms with E-state index in [1.807, 2.05) is 31.2 Å². The molecule has 0 aliphatic heterocycles. The van der Waals surface area contributed by atoms with Crippen molar-refractivity contribution >= 4 is 39.4 Å². The fourth-order valence-electron chi connectivity index (χ4n) is 1.82. The fourth-order valence-corrected chi connectivity index (χ4v) is 2.94. The smallest absolute Gasteiger partial charge is 0.232 e. The van der Waals surface area contributed by atoms with Gasteiger partial charge < -0.3 is 15.4 Å². The molecule has 2 aromatic rings. The molecule has 1 aromatic carbocycles. The van der Waals surface area contributed by atoms with Crippen LogP contribution in [-0.4, -0.2) is 46.7 Å². The summed E-state index contributed by atoms with van der Waals surface area (Å²) in [5.74, 6) is 1.44. The van der Waals surface area contributed by atoms with Crippen molar-refractivity contribution in [2.24, 2.45) is 0 Å². The highest BCUT2D eigenvalue weighted by Crippen LogP contribution is 2.17. The number of hydrogen-bond donors (Lipinski definition) is 1. The van der Waals surface area contributed by atoms with Gasteiger partial charge in [-0.05, 0) is 31.2 Å². The highest BCUT2D eigenvalue weighted by Gasteiger charge is 2.11. The van der Waals surface area contributed by atoms with Gasteiger partial charge in [0.25, 0.3) is 0 Å². The molecule has 0 spiro atoms. The topological polar surface area (TPSA) is 81.3 Å². The average molecular weight is 411 g/mol. The highest BCUT2D eigenvalue weighted by atomic mass is 79.9. The van der Waals surface area contributed by atoms with E-state index in [0.717, 1.165) is 15.9 Å². The molecule has 0 radical (unpaired) electrons. The van der Waals surface area contributed by atoms with Crippen molar-refractivity contribution in [1.29, 1.82) is 0 Å². The molecule has 0 aliphatic carbocycles. The zero-order valence-electron chi connectivity index (χ0n) is 13.5. The van der Waals surface area contributed by atoms with Gasteiger partial charge in [-0.3, -0.25) is 4.79 Å². The van der Waals surface area contributed by atoms with E-state index >= 15 is 0 Å². The Bertz CT molecular complexity index is 677. The van der Waals surface area contributed by atoms with Gasteiger partial charge in [0.15, 0.2) is 5.16 Å². The molecule has 24 heavy (non-hydrogen) atoms. The first kappa shape index (κ1) is 18.5. The molecule has 1 aromatic heterocycles. The number of carbonyl (C=O) groups excluding carboxylic acids is 1. The second kappa shape index (κ2) is 8.89. The number of nitrogens with zero attached hydrogens (tertiary/aromatic N) is 3. The molecule has 0 saturated carbocycles. The molecule has 2 N–H and O–H groups in total. The Balaban J connectivity index is 1.74. The molecule has 128 valence electrons. The summed E-state index contributed by atoms with van der Waals surface area (Å²) in [5, 5.41) is 0.514. The van der Waals surface area contributed by atoms with E-state index in [-0.39, 0.29) is 11.7 Å². The lowest BCUT2D eigenvalue weighted by Crippen LogP contribution is -2.32. The maximum atomic E-state index is 12.1. The number of rotatable bonds is 7. The Hall–Kier alpha value is -1.80. The monoisotopic (exact) mass is 410 g/mol. The van der Waals surface area contributed by atoms with E-state index in [1.54, 1.807) is 18.0 Å². The molecule has 8 heteroatoms. The van der Waals surface area contributed by atoms with Crippen LogP contribution in [0.4, 0.5) is 5.82 Å².